The molecule has 0 saturated heterocycles. The average Bonchev–Trinajstić information content (AvgIpc) is 2.70. The molecule has 0 atom stereocenters. The molecule has 1 N–H and O–H groups in total. The van der Waals surface area contributed by atoms with Crippen LogP contribution < -0.4 is 0 Å². The van der Waals surface area contributed by atoms with E-state index < -0.39 is 10.4 Å². The summed E-state index contributed by atoms with van der Waals surface area (Å²) >= 11 is 0. The Morgan fingerprint density at radius 1 is 0.500 bits per heavy atom. The van der Waals surface area contributed by atoms with E-state index in [4.69, 9.17) is 23.5 Å². The van der Waals surface area contributed by atoms with E-state index in [0.717, 1.165) is 13.0 Å². The van der Waals surface area contributed by atoms with Crippen molar-refractivity contribution in [2.24, 2.45) is 0 Å². The molecule has 0 amide bonds. The third-order valence-corrected chi connectivity index (χ3v) is 4.93. The highest BCUT2D eigenvalue weighted by Gasteiger charge is 2.02. The van der Waals surface area contributed by atoms with Gasteiger partial charge in [0.15, 0.2) is 0 Å². The first-order chi connectivity index (χ1) is 14.6. The van der Waals surface area contributed by atoms with Gasteiger partial charge in [0.1, 0.15) is 0 Å². The molecule has 0 saturated carbocycles. The molecular formula is C21H44O8S. The molecule has 0 aromatic heterocycles. The van der Waals surface area contributed by atoms with Crippen molar-refractivity contribution in [3.63, 3.8) is 0 Å². The summed E-state index contributed by atoms with van der Waals surface area (Å²) in [7, 11) is -4.39. The van der Waals surface area contributed by atoms with E-state index in [2.05, 4.69) is 11.1 Å². The van der Waals surface area contributed by atoms with E-state index in [-0.39, 0.29) is 13.2 Å². The minimum Gasteiger partial charge on any atom is -0.379 e. The SMILES string of the molecule is CCCCCCCCCCCCCOCCOCCOCCOCCOS(=O)(=O)O. The first-order valence-electron chi connectivity index (χ1n) is 11.5. The number of unbranched alkanes of at least 4 members (excludes halogenated alkanes) is 10. The van der Waals surface area contributed by atoms with Gasteiger partial charge in [-0.1, -0.05) is 71.1 Å². The molecule has 0 unspecified atom stereocenters. The molecule has 8 nitrogen and oxygen atoms in total. The lowest BCUT2D eigenvalue weighted by molar-refractivity contribution is -0.00498. The zero-order valence-corrected chi connectivity index (χ0v) is 19.7. The first kappa shape index (κ1) is 29.7. The van der Waals surface area contributed by atoms with Crippen molar-refractivity contribution in [1.29, 1.82) is 0 Å². The summed E-state index contributed by atoms with van der Waals surface area (Å²) in [5.41, 5.74) is 0. The second kappa shape index (κ2) is 23.4. The highest BCUT2D eigenvalue weighted by molar-refractivity contribution is 7.80. The molecule has 0 aliphatic carbocycles. The lowest BCUT2D eigenvalue weighted by atomic mass is 10.1. The van der Waals surface area contributed by atoms with Crippen LogP contribution in [-0.2, 0) is 33.5 Å². The Bertz CT molecular complexity index is 431. The van der Waals surface area contributed by atoms with Crippen molar-refractivity contribution in [3.05, 3.63) is 0 Å². The molecule has 9 heteroatoms. The molecule has 0 heterocycles. The summed E-state index contributed by atoms with van der Waals surface area (Å²) < 4.78 is 54.4. The first-order valence-corrected chi connectivity index (χ1v) is 12.9. The van der Waals surface area contributed by atoms with Crippen LogP contribution in [-0.4, -0.2) is 72.4 Å². The van der Waals surface area contributed by atoms with Crippen LogP contribution in [0.1, 0.15) is 77.6 Å². The van der Waals surface area contributed by atoms with E-state index in [9.17, 15) is 8.42 Å². The fourth-order valence-electron chi connectivity index (χ4n) is 2.83. The topological polar surface area (TPSA) is 101 Å². The van der Waals surface area contributed by atoms with Crippen molar-refractivity contribution in [2.75, 3.05) is 59.5 Å². The van der Waals surface area contributed by atoms with E-state index in [1.165, 1.54) is 64.2 Å². The van der Waals surface area contributed by atoms with E-state index in [1.807, 2.05) is 0 Å². The zero-order chi connectivity index (χ0) is 22.2. The highest BCUT2D eigenvalue weighted by atomic mass is 32.3. The molecule has 0 radical (unpaired) electrons. The van der Waals surface area contributed by atoms with Gasteiger partial charge in [-0.25, -0.2) is 4.18 Å². The van der Waals surface area contributed by atoms with Gasteiger partial charge in [0.2, 0.25) is 0 Å². The predicted octanol–water partition coefficient (Wildman–Crippen LogP) is 4.18. The van der Waals surface area contributed by atoms with E-state index in [0.29, 0.717) is 39.6 Å². The van der Waals surface area contributed by atoms with E-state index in [1.54, 1.807) is 0 Å². The summed E-state index contributed by atoms with van der Waals surface area (Å²) in [4.78, 5) is 0. The lowest BCUT2D eigenvalue weighted by Gasteiger charge is -2.07. The fraction of sp³-hybridized carbons (Fsp3) is 1.00. The molecule has 0 spiro atoms. The van der Waals surface area contributed by atoms with Gasteiger partial charge in [-0.2, -0.15) is 8.42 Å². The molecular weight excluding hydrogens is 412 g/mol. The second-order valence-electron chi connectivity index (χ2n) is 7.23. The van der Waals surface area contributed by atoms with Crippen molar-refractivity contribution >= 4 is 10.4 Å². The number of hydrogen-bond donors (Lipinski definition) is 1. The van der Waals surface area contributed by atoms with Crippen LogP contribution in [0.4, 0.5) is 0 Å². The van der Waals surface area contributed by atoms with Crippen LogP contribution in [0.3, 0.4) is 0 Å². The zero-order valence-electron chi connectivity index (χ0n) is 18.9. The van der Waals surface area contributed by atoms with Gasteiger partial charge in [-0.15, -0.1) is 0 Å². The third kappa shape index (κ3) is 27.7. The standard InChI is InChI=1S/C21H44O8S/c1-2-3-4-5-6-7-8-9-10-11-12-13-25-14-15-26-16-17-27-18-19-28-20-21-29-30(22,23)24/h2-21H2,1H3,(H,22,23,24). The van der Waals surface area contributed by atoms with Crippen LogP contribution in [0.5, 0.6) is 0 Å². The quantitative estimate of drug-likeness (QED) is 0.161. The van der Waals surface area contributed by atoms with Crippen molar-refractivity contribution in [3.8, 4) is 0 Å². The maximum atomic E-state index is 10.3. The Balaban J connectivity index is 3.03. The van der Waals surface area contributed by atoms with Crippen LogP contribution >= 0.6 is 0 Å². The van der Waals surface area contributed by atoms with Gasteiger partial charge in [-0.3, -0.25) is 4.55 Å². The van der Waals surface area contributed by atoms with Crippen molar-refractivity contribution in [2.45, 2.75) is 77.6 Å². The third-order valence-electron chi connectivity index (χ3n) is 4.47. The molecule has 0 aromatic carbocycles. The number of hydrogen-bond acceptors (Lipinski definition) is 7. The molecule has 0 bridgehead atoms. The Morgan fingerprint density at radius 2 is 0.833 bits per heavy atom. The fourth-order valence-corrected chi connectivity index (χ4v) is 3.11. The highest BCUT2D eigenvalue weighted by Crippen LogP contribution is 2.11. The average molecular weight is 457 g/mol. The van der Waals surface area contributed by atoms with Crippen LogP contribution in [0.15, 0.2) is 0 Å². The van der Waals surface area contributed by atoms with Crippen molar-refractivity contribution < 1.29 is 36.1 Å². The molecule has 0 aliphatic heterocycles. The monoisotopic (exact) mass is 456 g/mol. The minimum absolute atomic E-state index is 0.0656. The van der Waals surface area contributed by atoms with E-state index >= 15 is 0 Å². The summed E-state index contributed by atoms with van der Waals surface area (Å²) in [6.07, 6.45) is 14.7. The maximum absolute atomic E-state index is 10.3. The Hall–Kier alpha value is -0.290. The van der Waals surface area contributed by atoms with Gasteiger partial charge in [0.05, 0.1) is 52.9 Å². The molecule has 0 rings (SSSR count). The van der Waals surface area contributed by atoms with Crippen LogP contribution in [0.25, 0.3) is 0 Å². The molecule has 0 fully saturated rings. The Morgan fingerprint density at radius 3 is 1.23 bits per heavy atom. The molecule has 0 aromatic rings. The molecule has 30 heavy (non-hydrogen) atoms. The van der Waals surface area contributed by atoms with Gasteiger partial charge >= 0.3 is 10.4 Å². The second-order valence-corrected chi connectivity index (χ2v) is 8.33. The predicted molar refractivity (Wildman–Crippen MR) is 117 cm³/mol. The molecule has 182 valence electrons. The minimum atomic E-state index is -4.39. The van der Waals surface area contributed by atoms with Crippen LogP contribution in [0, 0.1) is 0 Å². The van der Waals surface area contributed by atoms with Crippen molar-refractivity contribution in [1.82, 2.24) is 0 Å². The van der Waals surface area contributed by atoms with Gasteiger partial charge in [-0.05, 0) is 6.42 Å². The summed E-state index contributed by atoms with van der Waals surface area (Å²) in [5.74, 6) is 0. The summed E-state index contributed by atoms with van der Waals surface area (Å²) in [6, 6.07) is 0. The summed E-state index contributed by atoms with van der Waals surface area (Å²) in [5, 5.41) is 0. The van der Waals surface area contributed by atoms with Gasteiger partial charge in [0, 0.05) is 6.61 Å². The normalized spacial score (nSPS) is 11.9. The maximum Gasteiger partial charge on any atom is 0.397 e. The molecule has 0 aliphatic rings. The van der Waals surface area contributed by atoms with Gasteiger partial charge in [0.25, 0.3) is 0 Å². The smallest absolute Gasteiger partial charge is 0.379 e. The van der Waals surface area contributed by atoms with Crippen LogP contribution in [0.2, 0.25) is 0 Å². The number of ether oxygens (including phenoxy) is 4. The Kier molecular flexibility index (Phi) is 23.1. The van der Waals surface area contributed by atoms with Gasteiger partial charge < -0.3 is 18.9 Å². The Labute approximate surface area is 183 Å². The lowest BCUT2D eigenvalue weighted by Crippen LogP contribution is -2.14. The largest absolute Gasteiger partial charge is 0.397 e. The summed E-state index contributed by atoms with van der Waals surface area (Å²) in [6.45, 7) is 5.72. The number of rotatable bonds is 25.